The first kappa shape index (κ1) is 9.61. The predicted molar refractivity (Wildman–Crippen MR) is 45.1 cm³/mol. The number of halogens is 3. The van der Waals surface area contributed by atoms with E-state index in [9.17, 15) is 8.78 Å². The van der Waals surface area contributed by atoms with Crippen molar-refractivity contribution in [2.24, 2.45) is 0 Å². The summed E-state index contributed by atoms with van der Waals surface area (Å²) in [7, 11) is 0. The Hall–Kier alpha value is -0.480. The fraction of sp³-hybridized carbons (Fsp3) is 0.250. The average molecular weight is 237 g/mol. The molecule has 1 aromatic rings. The highest BCUT2D eigenvalue weighted by Crippen LogP contribution is 2.21. The Balaban J connectivity index is 3.12. The number of aliphatic hydroxyl groups excluding tert-OH is 1. The Bertz CT molecular complexity index is 258. The van der Waals surface area contributed by atoms with E-state index >= 15 is 0 Å². The fourth-order valence-electron chi connectivity index (χ4n) is 0.906. The largest absolute Gasteiger partial charge is 0.387 e. The molecular weight excluding hydrogens is 230 g/mol. The molecule has 1 atom stereocenters. The van der Waals surface area contributed by atoms with Crippen LogP contribution in [0.4, 0.5) is 8.78 Å². The normalized spacial score (nSPS) is 13.0. The van der Waals surface area contributed by atoms with Crippen LogP contribution in [0.5, 0.6) is 0 Å². The van der Waals surface area contributed by atoms with Gasteiger partial charge in [0.15, 0.2) is 0 Å². The Morgan fingerprint density at radius 1 is 1.33 bits per heavy atom. The van der Waals surface area contributed by atoms with Gasteiger partial charge in [0.25, 0.3) is 0 Å². The highest BCUT2D eigenvalue weighted by Gasteiger charge is 2.15. The van der Waals surface area contributed by atoms with Gasteiger partial charge in [0.2, 0.25) is 0 Å². The monoisotopic (exact) mass is 236 g/mol. The zero-order chi connectivity index (χ0) is 9.14. The second-order valence-electron chi connectivity index (χ2n) is 2.31. The summed E-state index contributed by atoms with van der Waals surface area (Å²) in [6.45, 7) is 0. The quantitative estimate of drug-likeness (QED) is 0.783. The van der Waals surface area contributed by atoms with E-state index in [0.29, 0.717) is 0 Å². The van der Waals surface area contributed by atoms with Crippen LogP contribution in [0, 0.1) is 11.6 Å². The lowest BCUT2D eigenvalue weighted by atomic mass is 10.1. The summed E-state index contributed by atoms with van der Waals surface area (Å²) in [5, 5.41) is 9.28. The number of hydrogen-bond acceptors (Lipinski definition) is 1. The molecule has 1 N–H and O–H groups in total. The lowest BCUT2D eigenvalue weighted by Gasteiger charge is -2.08. The molecule has 0 amide bonds. The average Bonchev–Trinajstić information content (AvgIpc) is 2.03. The molecule has 0 spiro atoms. The molecule has 0 heterocycles. The van der Waals surface area contributed by atoms with Gasteiger partial charge in [0.1, 0.15) is 11.6 Å². The van der Waals surface area contributed by atoms with Crippen molar-refractivity contribution >= 4 is 15.9 Å². The molecule has 0 unspecified atom stereocenters. The molecule has 0 aliphatic rings. The van der Waals surface area contributed by atoms with Gasteiger partial charge in [-0.1, -0.05) is 22.0 Å². The minimum atomic E-state index is -1.13. The Kier molecular flexibility index (Phi) is 3.17. The first-order valence-electron chi connectivity index (χ1n) is 3.34. The van der Waals surface area contributed by atoms with Gasteiger partial charge >= 0.3 is 0 Å². The maximum absolute atomic E-state index is 12.9. The minimum absolute atomic E-state index is 0.116. The lowest BCUT2D eigenvalue weighted by molar-refractivity contribution is 0.194. The van der Waals surface area contributed by atoms with Gasteiger partial charge in [0.05, 0.1) is 11.7 Å². The Morgan fingerprint density at radius 3 is 2.25 bits per heavy atom. The third-order valence-corrected chi connectivity index (χ3v) is 2.09. The summed E-state index contributed by atoms with van der Waals surface area (Å²) in [6, 6.07) is 3.49. The van der Waals surface area contributed by atoms with E-state index in [0.717, 1.165) is 12.1 Å². The Labute approximate surface area is 77.2 Å². The zero-order valence-electron chi connectivity index (χ0n) is 6.10. The highest BCUT2D eigenvalue weighted by atomic mass is 79.9. The first-order chi connectivity index (χ1) is 5.66. The van der Waals surface area contributed by atoms with Gasteiger partial charge in [-0.05, 0) is 12.1 Å². The summed E-state index contributed by atoms with van der Waals surface area (Å²) in [5.41, 5.74) is -0.283. The van der Waals surface area contributed by atoms with Gasteiger partial charge < -0.3 is 5.11 Å². The van der Waals surface area contributed by atoms with Crippen molar-refractivity contribution in [3.8, 4) is 0 Å². The van der Waals surface area contributed by atoms with Crippen LogP contribution in [0.1, 0.15) is 11.7 Å². The van der Waals surface area contributed by atoms with E-state index in [1.165, 1.54) is 6.07 Å². The van der Waals surface area contributed by atoms with Crippen LogP contribution in [0.2, 0.25) is 0 Å². The molecule has 1 nitrogen and oxygen atoms in total. The molecule has 0 radical (unpaired) electrons. The van der Waals surface area contributed by atoms with Crippen molar-refractivity contribution in [1.82, 2.24) is 0 Å². The van der Waals surface area contributed by atoms with Crippen LogP contribution in [0.15, 0.2) is 18.2 Å². The summed E-state index contributed by atoms with van der Waals surface area (Å²) >= 11 is 2.94. The van der Waals surface area contributed by atoms with E-state index in [1.54, 1.807) is 0 Å². The highest BCUT2D eigenvalue weighted by molar-refractivity contribution is 9.09. The standard InChI is InChI=1S/C8H7BrF2O/c9-4-7(12)8-5(10)2-1-3-6(8)11/h1-3,7,12H,4H2/t7-/m1/s1. The van der Waals surface area contributed by atoms with Gasteiger partial charge in [-0.15, -0.1) is 0 Å². The second-order valence-corrected chi connectivity index (χ2v) is 2.95. The van der Waals surface area contributed by atoms with Crippen molar-refractivity contribution in [2.45, 2.75) is 6.10 Å². The molecule has 4 heteroatoms. The molecule has 0 saturated heterocycles. The number of alkyl halides is 1. The fourth-order valence-corrected chi connectivity index (χ4v) is 1.23. The summed E-state index contributed by atoms with van der Waals surface area (Å²) in [5.74, 6) is -1.44. The SMILES string of the molecule is O[C@H](CBr)c1c(F)cccc1F. The maximum Gasteiger partial charge on any atom is 0.131 e. The third kappa shape index (κ3) is 1.81. The molecule has 0 aliphatic carbocycles. The summed E-state index contributed by atoms with van der Waals surface area (Å²) < 4.78 is 25.7. The molecule has 0 fully saturated rings. The number of aliphatic hydroxyl groups is 1. The Morgan fingerprint density at radius 2 is 1.83 bits per heavy atom. The van der Waals surface area contributed by atoms with Crippen molar-refractivity contribution in [3.05, 3.63) is 35.4 Å². The predicted octanol–water partition coefficient (Wildman–Crippen LogP) is 2.39. The van der Waals surface area contributed by atoms with Gasteiger partial charge in [0, 0.05) is 5.33 Å². The van der Waals surface area contributed by atoms with E-state index in [-0.39, 0.29) is 10.9 Å². The molecule has 0 bridgehead atoms. The molecule has 0 aromatic heterocycles. The van der Waals surface area contributed by atoms with Gasteiger partial charge in [-0.25, -0.2) is 8.78 Å². The summed E-state index contributed by atoms with van der Waals surface area (Å²) in [6.07, 6.45) is -1.13. The number of benzene rings is 1. The molecular formula is C8H7BrF2O. The van der Waals surface area contributed by atoms with Crippen LogP contribution in [0.3, 0.4) is 0 Å². The van der Waals surface area contributed by atoms with E-state index in [4.69, 9.17) is 5.11 Å². The van der Waals surface area contributed by atoms with Gasteiger partial charge in [-0.3, -0.25) is 0 Å². The van der Waals surface area contributed by atoms with E-state index in [2.05, 4.69) is 15.9 Å². The van der Waals surface area contributed by atoms with Crippen LogP contribution in [0.25, 0.3) is 0 Å². The number of hydrogen-bond donors (Lipinski definition) is 1. The number of rotatable bonds is 2. The van der Waals surface area contributed by atoms with Gasteiger partial charge in [-0.2, -0.15) is 0 Å². The van der Waals surface area contributed by atoms with E-state index < -0.39 is 17.7 Å². The molecule has 0 aliphatic heterocycles. The van der Waals surface area contributed by atoms with Crippen LogP contribution in [-0.4, -0.2) is 10.4 Å². The molecule has 66 valence electrons. The molecule has 0 saturated carbocycles. The topological polar surface area (TPSA) is 20.2 Å². The van der Waals surface area contributed by atoms with Crippen molar-refractivity contribution in [3.63, 3.8) is 0 Å². The lowest BCUT2D eigenvalue weighted by Crippen LogP contribution is -2.04. The van der Waals surface area contributed by atoms with Crippen molar-refractivity contribution in [2.75, 3.05) is 5.33 Å². The second kappa shape index (κ2) is 3.96. The van der Waals surface area contributed by atoms with Crippen LogP contribution < -0.4 is 0 Å². The smallest absolute Gasteiger partial charge is 0.131 e. The molecule has 1 aromatic carbocycles. The first-order valence-corrected chi connectivity index (χ1v) is 4.47. The molecule has 12 heavy (non-hydrogen) atoms. The minimum Gasteiger partial charge on any atom is -0.387 e. The molecule has 1 rings (SSSR count). The van der Waals surface area contributed by atoms with E-state index in [1.807, 2.05) is 0 Å². The van der Waals surface area contributed by atoms with Crippen molar-refractivity contribution < 1.29 is 13.9 Å². The third-order valence-electron chi connectivity index (χ3n) is 1.48. The zero-order valence-corrected chi connectivity index (χ0v) is 7.68. The maximum atomic E-state index is 12.9. The van der Waals surface area contributed by atoms with Crippen LogP contribution in [-0.2, 0) is 0 Å². The van der Waals surface area contributed by atoms with Crippen molar-refractivity contribution in [1.29, 1.82) is 0 Å². The summed E-state index contributed by atoms with van der Waals surface area (Å²) in [4.78, 5) is 0. The van der Waals surface area contributed by atoms with Crippen LogP contribution >= 0.6 is 15.9 Å².